The molecule has 0 radical (unpaired) electrons. The van der Waals surface area contributed by atoms with Crippen LogP contribution in [0.2, 0.25) is 0 Å². The smallest absolute Gasteiger partial charge is 0.338 e. The molecule has 0 fully saturated rings. The first-order chi connectivity index (χ1) is 11.0. The maximum Gasteiger partial charge on any atom is 0.338 e. The summed E-state index contributed by atoms with van der Waals surface area (Å²) in [6, 6.07) is 0. The molecule has 4 nitrogen and oxygen atoms in total. The van der Waals surface area contributed by atoms with Gasteiger partial charge >= 0.3 is 11.9 Å². The van der Waals surface area contributed by atoms with Crippen LogP contribution in [0.3, 0.4) is 0 Å². The van der Waals surface area contributed by atoms with Gasteiger partial charge in [0.15, 0.2) is 0 Å². The number of allylic oxidation sites excluding steroid dienone is 6. The minimum atomic E-state index is -0.551. The summed E-state index contributed by atoms with van der Waals surface area (Å²) < 4.78 is 9.84. The molecule has 0 bridgehead atoms. The molecular weight excluding hydrogens is 304 g/mol. The van der Waals surface area contributed by atoms with E-state index in [9.17, 15) is 9.59 Å². The topological polar surface area (TPSA) is 52.6 Å². The number of esters is 2. The largest absolute Gasteiger partial charge is 0.424 e. The first-order valence-electron chi connectivity index (χ1n) is 6.92. The van der Waals surface area contributed by atoms with Crippen LogP contribution in [-0.4, -0.2) is 11.9 Å². The van der Waals surface area contributed by atoms with E-state index in [1.54, 1.807) is 26.0 Å². The number of ether oxygens (including phenoxy) is 2. The molecule has 0 aromatic rings. The van der Waals surface area contributed by atoms with Crippen molar-refractivity contribution in [1.29, 1.82) is 0 Å². The fourth-order valence-corrected chi connectivity index (χ4v) is 1.08. The molecule has 0 aliphatic rings. The second-order valence-corrected chi connectivity index (χ2v) is 4.99. The fraction of sp³-hybridized carbons (Fsp3) is 0.100. The molecule has 0 N–H and O–H groups in total. The van der Waals surface area contributed by atoms with Crippen molar-refractivity contribution >= 4 is 11.9 Å². The highest BCUT2D eigenvalue weighted by molar-refractivity contribution is 5.88. The van der Waals surface area contributed by atoms with Gasteiger partial charge in [-0.1, -0.05) is 51.6 Å². The summed E-state index contributed by atoms with van der Waals surface area (Å²) in [5.74, 6) is -0.796. The van der Waals surface area contributed by atoms with Crippen LogP contribution in [0, 0.1) is 0 Å². The average molecular weight is 326 g/mol. The van der Waals surface area contributed by atoms with Gasteiger partial charge in [0, 0.05) is 11.1 Å². The van der Waals surface area contributed by atoms with E-state index in [2.05, 4.69) is 39.5 Å². The van der Waals surface area contributed by atoms with Crippen LogP contribution >= 0.6 is 0 Å². The Balaban J connectivity index is 4.59. The molecular formula is C20H22O4. The van der Waals surface area contributed by atoms with Crippen molar-refractivity contribution in [2.45, 2.75) is 13.8 Å². The molecule has 0 saturated heterocycles. The first-order valence-corrected chi connectivity index (χ1v) is 6.92. The predicted molar refractivity (Wildman–Crippen MR) is 96.7 cm³/mol. The van der Waals surface area contributed by atoms with Gasteiger partial charge in [-0.15, -0.1) is 0 Å². The van der Waals surface area contributed by atoms with E-state index >= 15 is 0 Å². The third kappa shape index (κ3) is 8.34. The molecule has 24 heavy (non-hydrogen) atoms. The SMILES string of the molecule is C=C(/C=C\C(=C)C(=C)/C=C\C(=C)OC(=O)C(=C)C)OC(=O)C(=C)C. The van der Waals surface area contributed by atoms with Crippen molar-refractivity contribution in [2.24, 2.45) is 0 Å². The molecule has 0 aromatic heterocycles. The van der Waals surface area contributed by atoms with Crippen molar-refractivity contribution in [3.8, 4) is 0 Å². The molecule has 126 valence electrons. The Hall–Kier alpha value is -3.14. The van der Waals surface area contributed by atoms with Crippen LogP contribution in [0.5, 0.6) is 0 Å². The van der Waals surface area contributed by atoms with Crippen LogP contribution in [-0.2, 0) is 19.1 Å². The number of carbonyl (C=O) groups is 2. The van der Waals surface area contributed by atoms with Crippen LogP contribution in [0.4, 0.5) is 0 Å². The van der Waals surface area contributed by atoms with Crippen molar-refractivity contribution in [3.63, 3.8) is 0 Å². The average Bonchev–Trinajstić information content (AvgIpc) is 2.49. The van der Waals surface area contributed by atoms with Gasteiger partial charge < -0.3 is 9.47 Å². The van der Waals surface area contributed by atoms with E-state index in [4.69, 9.17) is 9.47 Å². The van der Waals surface area contributed by atoms with E-state index in [1.807, 2.05) is 0 Å². The van der Waals surface area contributed by atoms with E-state index in [1.165, 1.54) is 12.2 Å². The molecule has 0 atom stereocenters. The van der Waals surface area contributed by atoms with Crippen molar-refractivity contribution < 1.29 is 19.1 Å². The number of carbonyl (C=O) groups excluding carboxylic acids is 2. The molecule has 0 saturated carbocycles. The van der Waals surface area contributed by atoms with E-state index in [-0.39, 0.29) is 22.7 Å². The first kappa shape index (κ1) is 20.9. The van der Waals surface area contributed by atoms with E-state index < -0.39 is 11.9 Å². The molecule has 0 aromatic carbocycles. The zero-order valence-corrected chi connectivity index (χ0v) is 14.2. The molecule has 0 aliphatic carbocycles. The molecule has 4 heteroatoms. The molecule has 0 rings (SSSR count). The molecule has 0 aliphatic heterocycles. The highest BCUT2D eigenvalue weighted by Gasteiger charge is 2.05. The van der Waals surface area contributed by atoms with Gasteiger partial charge in [-0.2, -0.15) is 0 Å². The summed E-state index contributed by atoms with van der Waals surface area (Å²) in [4.78, 5) is 22.6. The third-order valence-electron chi connectivity index (χ3n) is 2.50. The van der Waals surface area contributed by atoms with Gasteiger partial charge in [-0.25, -0.2) is 9.59 Å². The quantitative estimate of drug-likeness (QED) is 0.271. The van der Waals surface area contributed by atoms with Crippen LogP contribution in [0.25, 0.3) is 0 Å². The van der Waals surface area contributed by atoms with Gasteiger partial charge in [-0.05, 0) is 37.1 Å². The van der Waals surface area contributed by atoms with Gasteiger partial charge in [0.25, 0.3) is 0 Å². The lowest BCUT2D eigenvalue weighted by molar-refractivity contribution is -0.135. The Kier molecular flexibility index (Phi) is 8.51. The normalized spacial score (nSPS) is 10.2. The summed E-state index contributed by atoms with van der Waals surface area (Å²) in [6.07, 6.45) is 6.14. The maximum atomic E-state index is 11.3. The Bertz CT molecular complexity index is 624. The van der Waals surface area contributed by atoms with Crippen molar-refractivity contribution in [3.05, 3.63) is 97.6 Å². The minimum absolute atomic E-state index is 0.153. The zero-order valence-electron chi connectivity index (χ0n) is 14.2. The number of hydrogen-bond donors (Lipinski definition) is 0. The summed E-state index contributed by atoms with van der Waals surface area (Å²) in [7, 11) is 0. The Morgan fingerprint density at radius 2 is 0.917 bits per heavy atom. The minimum Gasteiger partial charge on any atom is -0.424 e. The summed E-state index contributed by atoms with van der Waals surface area (Å²) in [5.41, 5.74) is 1.66. The maximum absolute atomic E-state index is 11.3. The monoisotopic (exact) mass is 326 g/mol. The lowest BCUT2D eigenvalue weighted by Gasteiger charge is -2.04. The van der Waals surface area contributed by atoms with Crippen LogP contribution in [0.1, 0.15) is 13.8 Å². The fourth-order valence-electron chi connectivity index (χ4n) is 1.08. The van der Waals surface area contributed by atoms with Crippen molar-refractivity contribution in [1.82, 2.24) is 0 Å². The lowest BCUT2D eigenvalue weighted by atomic mass is 10.1. The second-order valence-electron chi connectivity index (χ2n) is 4.99. The number of hydrogen-bond acceptors (Lipinski definition) is 4. The van der Waals surface area contributed by atoms with Gasteiger partial charge in [0.05, 0.1) is 0 Å². The number of rotatable bonds is 9. The van der Waals surface area contributed by atoms with Crippen molar-refractivity contribution in [2.75, 3.05) is 0 Å². The molecule has 0 spiro atoms. The highest BCUT2D eigenvalue weighted by atomic mass is 16.5. The van der Waals surface area contributed by atoms with Crippen LogP contribution < -0.4 is 0 Å². The Morgan fingerprint density at radius 1 is 0.625 bits per heavy atom. The van der Waals surface area contributed by atoms with E-state index in [0.29, 0.717) is 11.1 Å². The van der Waals surface area contributed by atoms with Gasteiger partial charge in [0.2, 0.25) is 0 Å². The zero-order chi connectivity index (χ0) is 18.9. The lowest BCUT2D eigenvalue weighted by Crippen LogP contribution is -2.03. The van der Waals surface area contributed by atoms with Crippen LogP contribution in [0.15, 0.2) is 97.6 Å². The second kappa shape index (κ2) is 9.79. The summed E-state index contributed by atoms with van der Waals surface area (Å²) in [6.45, 7) is 24.9. The standard InChI is InChI=1S/C20H22O4/c1-13(2)19(21)23-17(7)11-9-15(5)16(6)10-12-18(8)24-20(22)14(3)4/h9-12H,1,3,5-8H2,2,4H3/b11-9-,12-10-. The Morgan fingerprint density at radius 3 is 1.17 bits per heavy atom. The third-order valence-corrected chi connectivity index (χ3v) is 2.50. The molecule has 0 unspecified atom stereocenters. The van der Waals surface area contributed by atoms with Gasteiger partial charge in [-0.3, -0.25) is 0 Å². The molecule has 0 heterocycles. The Labute approximate surface area is 143 Å². The molecule has 0 amide bonds. The summed E-state index contributed by atoms with van der Waals surface area (Å²) in [5, 5.41) is 0. The summed E-state index contributed by atoms with van der Waals surface area (Å²) >= 11 is 0. The highest BCUT2D eigenvalue weighted by Crippen LogP contribution is 2.12. The van der Waals surface area contributed by atoms with Gasteiger partial charge in [0.1, 0.15) is 11.5 Å². The van der Waals surface area contributed by atoms with E-state index in [0.717, 1.165) is 0 Å². The predicted octanol–water partition coefficient (Wildman–Crippen LogP) is 4.48.